The third-order valence-electron chi connectivity index (χ3n) is 3.08. The molecule has 0 saturated heterocycles. The van der Waals surface area contributed by atoms with Crippen LogP contribution in [0.1, 0.15) is 27.2 Å². The van der Waals surface area contributed by atoms with E-state index in [0.717, 1.165) is 6.42 Å². The Bertz CT molecular complexity index is 544. The van der Waals surface area contributed by atoms with E-state index in [4.69, 9.17) is 5.73 Å². The van der Waals surface area contributed by atoms with Gasteiger partial charge in [0.15, 0.2) is 0 Å². The Kier molecular flexibility index (Phi) is 5.41. The van der Waals surface area contributed by atoms with E-state index in [-0.39, 0.29) is 10.9 Å². The first kappa shape index (κ1) is 16.5. The fourth-order valence-electron chi connectivity index (χ4n) is 1.90. The lowest BCUT2D eigenvalue weighted by Gasteiger charge is -2.25. The number of hydrogen-bond acceptors (Lipinski definition) is 3. The van der Waals surface area contributed by atoms with Gasteiger partial charge < -0.3 is 5.73 Å². The molecule has 1 aromatic carbocycles. The normalized spacial score (nSPS) is 14.1. The van der Waals surface area contributed by atoms with Crippen LogP contribution in [-0.2, 0) is 10.0 Å². The molecule has 1 rings (SSSR count). The standard InChI is InChI=1S/C13H21BrN2O2S/c1-9(2)7-10(3)16(4)19(17,18)11-5-6-13(15)12(14)8-11/h5-6,8-10H,7,15H2,1-4H3. The Morgan fingerprint density at radius 3 is 2.37 bits per heavy atom. The summed E-state index contributed by atoms with van der Waals surface area (Å²) in [5.74, 6) is 0.450. The highest BCUT2D eigenvalue weighted by Gasteiger charge is 2.26. The maximum absolute atomic E-state index is 12.5. The van der Waals surface area contributed by atoms with Crippen molar-refractivity contribution >= 4 is 31.6 Å². The maximum Gasteiger partial charge on any atom is 0.243 e. The Labute approximate surface area is 124 Å². The minimum atomic E-state index is -3.48. The highest BCUT2D eigenvalue weighted by Crippen LogP contribution is 2.26. The summed E-state index contributed by atoms with van der Waals surface area (Å²) >= 11 is 3.26. The molecule has 1 unspecified atom stereocenters. The van der Waals surface area contributed by atoms with Crippen molar-refractivity contribution in [1.82, 2.24) is 4.31 Å². The summed E-state index contributed by atoms with van der Waals surface area (Å²) in [5.41, 5.74) is 6.20. The predicted octanol–water partition coefficient (Wildman–Crippen LogP) is 3.09. The highest BCUT2D eigenvalue weighted by molar-refractivity contribution is 9.10. The number of anilines is 1. The molecule has 0 spiro atoms. The van der Waals surface area contributed by atoms with E-state index in [1.807, 2.05) is 6.92 Å². The van der Waals surface area contributed by atoms with Gasteiger partial charge in [0.05, 0.1) is 4.90 Å². The van der Waals surface area contributed by atoms with E-state index in [2.05, 4.69) is 29.8 Å². The van der Waals surface area contributed by atoms with Crippen LogP contribution in [0, 0.1) is 5.92 Å². The highest BCUT2D eigenvalue weighted by atomic mass is 79.9. The van der Waals surface area contributed by atoms with Crippen molar-refractivity contribution in [3.63, 3.8) is 0 Å². The summed E-state index contributed by atoms with van der Waals surface area (Å²) in [4.78, 5) is 0.256. The number of halogens is 1. The lowest BCUT2D eigenvalue weighted by Crippen LogP contribution is -2.35. The van der Waals surface area contributed by atoms with Crippen LogP contribution in [0.5, 0.6) is 0 Å². The molecule has 1 atom stereocenters. The van der Waals surface area contributed by atoms with Gasteiger partial charge in [-0.3, -0.25) is 0 Å². The summed E-state index contributed by atoms with van der Waals surface area (Å²) < 4.78 is 27.0. The van der Waals surface area contributed by atoms with Gasteiger partial charge in [-0.1, -0.05) is 13.8 Å². The van der Waals surface area contributed by atoms with Crippen LogP contribution >= 0.6 is 15.9 Å². The number of nitrogens with two attached hydrogens (primary N) is 1. The first-order valence-corrected chi connectivity index (χ1v) is 8.42. The van der Waals surface area contributed by atoms with Crippen molar-refractivity contribution in [2.45, 2.75) is 38.1 Å². The third-order valence-corrected chi connectivity index (χ3v) is 5.74. The van der Waals surface area contributed by atoms with E-state index in [9.17, 15) is 8.42 Å². The number of rotatable bonds is 5. The summed E-state index contributed by atoms with van der Waals surface area (Å²) in [5, 5.41) is 0. The van der Waals surface area contributed by atoms with Gasteiger partial charge in [0, 0.05) is 23.2 Å². The average Bonchev–Trinajstić information content (AvgIpc) is 2.30. The van der Waals surface area contributed by atoms with E-state index in [0.29, 0.717) is 16.1 Å². The Morgan fingerprint density at radius 2 is 1.89 bits per heavy atom. The summed E-state index contributed by atoms with van der Waals surface area (Å²) in [6, 6.07) is 4.64. The lowest BCUT2D eigenvalue weighted by atomic mass is 10.1. The Balaban J connectivity index is 3.06. The number of benzene rings is 1. The van der Waals surface area contributed by atoms with Gasteiger partial charge in [-0.05, 0) is 53.4 Å². The molecule has 0 bridgehead atoms. The van der Waals surface area contributed by atoms with Crippen LogP contribution in [0.25, 0.3) is 0 Å². The molecule has 19 heavy (non-hydrogen) atoms. The minimum absolute atomic E-state index is 0.0404. The van der Waals surface area contributed by atoms with Gasteiger partial charge in [-0.2, -0.15) is 4.31 Å². The SMILES string of the molecule is CC(C)CC(C)N(C)S(=O)(=O)c1ccc(N)c(Br)c1. The van der Waals surface area contributed by atoms with E-state index in [1.165, 1.54) is 10.4 Å². The first-order chi connectivity index (χ1) is 8.66. The molecule has 2 N–H and O–H groups in total. The molecular formula is C13H21BrN2O2S. The molecular weight excluding hydrogens is 328 g/mol. The summed E-state index contributed by atoms with van der Waals surface area (Å²) in [6.45, 7) is 6.08. The maximum atomic E-state index is 12.5. The van der Waals surface area contributed by atoms with Crippen molar-refractivity contribution in [3.8, 4) is 0 Å². The topological polar surface area (TPSA) is 63.4 Å². The van der Waals surface area contributed by atoms with Gasteiger partial charge in [0.2, 0.25) is 10.0 Å². The number of nitrogens with zero attached hydrogens (tertiary/aromatic N) is 1. The van der Waals surface area contributed by atoms with Crippen molar-refractivity contribution in [2.75, 3.05) is 12.8 Å². The van der Waals surface area contributed by atoms with Gasteiger partial charge in [0.1, 0.15) is 0 Å². The van der Waals surface area contributed by atoms with Crippen LogP contribution in [0.2, 0.25) is 0 Å². The molecule has 0 radical (unpaired) electrons. The smallest absolute Gasteiger partial charge is 0.243 e. The third kappa shape index (κ3) is 3.94. The second kappa shape index (κ2) is 6.24. The van der Waals surface area contributed by atoms with E-state index < -0.39 is 10.0 Å². The second-order valence-electron chi connectivity index (χ2n) is 5.18. The number of nitrogen functional groups attached to an aromatic ring is 1. The molecule has 1 aromatic rings. The molecule has 0 amide bonds. The number of hydrogen-bond donors (Lipinski definition) is 1. The Hall–Kier alpha value is -0.590. The monoisotopic (exact) mass is 348 g/mol. The molecule has 0 fully saturated rings. The van der Waals surface area contributed by atoms with Crippen molar-refractivity contribution < 1.29 is 8.42 Å². The molecule has 0 aliphatic rings. The first-order valence-electron chi connectivity index (χ1n) is 6.19. The van der Waals surface area contributed by atoms with Gasteiger partial charge in [-0.25, -0.2) is 8.42 Å². The van der Waals surface area contributed by atoms with Crippen LogP contribution < -0.4 is 5.73 Å². The van der Waals surface area contributed by atoms with E-state index >= 15 is 0 Å². The zero-order valence-corrected chi connectivity index (χ0v) is 14.1. The lowest BCUT2D eigenvalue weighted by molar-refractivity contribution is 0.338. The minimum Gasteiger partial charge on any atom is -0.398 e. The largest absolute Gasteiger partial charge is 0.398 e. The van der Waals surface area contributed by atoms with Crippen LogP contribution in [0.15, 0.2) is 27.6 Å². The zero-order chi connectivity index (χ0) is 14.8. The molecule has 0 heterocycles. The zero-order valence-electron chi connectivity index (χ0n) is 11.7. The quantitative estimate of drug-likeness (QED) is 0.831. The molecule has 0 aliphatic carbocycles. The molecule has 4 nitrogen and oxygen atoms in total. The van der Waals surface area contributed by atoms with Gasteiger partial charge >= 0.3 is 0 Å². The number of sulfonamides is 1. The average molecular weight is 349 g/mol. The molecule has 0 saturated carbocycles. The molecule has 0 aliphatic heterocycles. The van der Waals surface area contributed by atoms with Gasteiger partial charge in [0.25, 0.3) is 0 Å². The van der Waals surface area contributed by atoms with E-state index in [1.54, 1.807) is 19.2 Å². The molecule has 6 heteroatoms. The summed E-state index contributed by atoms with van der Waals surface area (Å²) in [6.07, 6.45) is 0.825. The van der Waals surface area contributed by atoms with Crippen molar-refractivity contribution in [1.29, 1.82) is 0 Å². The van der Waals surface area contributed by atoms with Crippen molar-refractivity contribution in [3.05, 3.63) is 22.7 Å². The predicted molar refractivity (Wildman–Crippen MR) is 82.4 cm³/mol. The van der Waals surface area contributed by atoms with Crippen LogP contribution in [0.3, 0.4) is 0 Å². The Morgan fingerprint density at radius 1 is 1.32 bits per heavy atom. The van der Waals surface area contributed by atoms with Crippen molar-refractivity contribution in [2.24, 2.45) is 5.92 Å². The fraction of sp³-hybridized carbons (Fsp3) is 0.538. The summed E-state index contributed by atoms with van der Waals surface area (Å²) in [7, 11) is -1.86. The van der Waals surface area contributed by atoms with Gasteiger partial charge in [-0.15, -0.1) is 0 Å². The second-order valence-corrected chi connectivity index (χ2v) is 8.03. The van der Waals surface area contributed by atoms with Crippen LogP contribution in [0.4, 0.5) is 5.69 Å². The molecule has 108 valence electrons. The van der Waals surface area contributed by atoms with Crippen LogP contribution in [-0.4, -0.2) is 25.8 Å². The molecule has 0 aromatic heterocycles. The fourth-order valence-corrected chi connectivity index (χ4v) is 3.83.